The molecule has 2 amide bonds. The average Bonchev–Trinajstić information content (AvgIpc) is 2.25. The van der Waals surface area contributed by atoms with Gasteiger partial charge in [-0.1, -0.05) is 6.08 Å². The number of carbonyl (C=O) groups excluding carboxylic acids is 2. The first-order valence-electron chi connectivity index (χ1n) is 3.80. The van der Waals surface area contributed by atoms with Gasteiger partial charge in [0.25, 0.3) is 0 Å². The molecular formula is C8H11NO2S. The maximum atomic E-state index is 11.2. The topological polar surface area (TPSA) is 37.4 Å². The molecule has 0 saturated carbocycles. The van der Waals surface area contributed by atoms with E-state index in [4.69, 9.17) is 0 Å². The fourth-order valence-electron chi connectivity index (χ4n) is 1.12. The number of likely N-dealkylation sites (tertiary alicyclic amines) is 1. The molecular weight excluding hydrogens is 174 g/mol. The molecule has 66 valence electrons. The van der Waals surface area contributed by atoms with Crippen LogP contribution in [0.1, 0.15) is 12.8 Å². The van der Waals surface area contributed by atoms with Crippen LogP contribution in [0.3, 0.4) is 0 Å². The summed E-state index contributed by atoms with van der Waals surface area (Å²) in [6.45, 7) is 3.97. The van der Waals surface area contributed by atoms with E-state index in [9.17, 15) is 9.59 Å². The van der Waals surface area contributed by atoms with Gasteiger partial charge in [0.05, 0.1) is 5.25 Å². The summed E-state index contributed by atoms with van der Waals surface area (Å²) >= 11 is 3.99. The van der Waals surface area contributed by atoms with E-state index in [1.165, 1.54) is 4.90 Å². The van der Waals surface area contributed by atoms with Crippen LogP contribution in [0.15, 0.2) is 12.7 Å². The van der Waals surface area contributed by atoms with E-state index in [2.05, 4.69) is 19.2 Å². The van der Waals surface area contributed by atoms with Crippen molar-refractivity contribution < 1.29 is 9.59 Å². The fourth-order valence-corrected chi connectivity index (χ4v) is 1.42. The summed E-state index contributed by atoms with van der Waals surface area (Å²) in [6.07, 6.45) is 2.57. The van der Waals surface area contributed by atoms with E-state index in [-0.39, 0.29) is 18.2 Å². The molecule has 1 saturated heterocycles. The average molecular weight is 185 g/mol. The summed E-state index contributed by atoms with van der Waals surface area (Å²) in [7, 11) is 0. The predicted octanol–water partition coefficient (Wildman–Crippen LogP) is 0.620. The van der Waals surface area contributed by atoms with Gasteiger partial charge in [0.15, 0.2) is 0 Å². The lowest BCUT2D eigenvalue weighted by atomic mass is 10.4. The zero-order chi connectivity index (χ0) is 9.14. The normalized spacial score (nSPS) is 23.4. The minimum absolute atomic E-state index is 0.123. The van der Waals surface area contributed by atoms with Gasteiger partial charge >= 0.3 is 0 Å². The summed E-state index contributed by atoms with van der Waals surface area (Å²) < 4.78 is 0. The molecule has 0 aromatic rings. The van der Waals surface area contributed by atoms with Gasteiger partial charge in [0.1, 0.15) is 0 Å². The Bertz CT molecular complexity index is 227. The number of thiol groups is 1. The zero-order valence-electron chi connectivity index (χ0n) is 6.69. The highest BCUT2D eigenvalue weighted by molar-refractivity contribution is 7.81. The molecule has 0 aliphatic carbocycles. The standard InChI is InChI=1S/C8H11NO2S/c1-2-3-4-9-7(10)5-6(12)8(9)11/h2,6,12H,1,3-5H2. The maximum absolute atomic E-state index is 11.2. The van der Waals surface area contributed by atoms with E-state index >= 15 is 0 Å². The molecule has 0 aromatic heterocycles. The molecule has 0 radical (unpaired) electrons. The molecule has 1 fully saturated rings. The summed E-state index contributed by atoms with van der Waals surface area (Å²) in [4.78, 5) is 23.6. The predicted molar refractivity (Wildman–Crippen MR) is 48.9 cm³/mol. The Morgan fingerprint density at radius 1 is 1.67 bits per heavy atom. The number of imide groups is 1. The SMILES string of the molecule is C=CCCN1C(=O)CC(S)C1=O. The molecule has 0 spiro atoms. The molecule has 4 heteroatoms. The van der Waals surface area contributed by atoms with Gasteiger partial charge in [-0.25, -0.2) is 0 Å². The van der Waals surface area contributed by atoms with Crippen LogP contribution in [0, 0.1) is 0 Å². The molecule has 12 heavy (non-hydrogen) atoms. The zero-order valence-corrected chi connectivity index (χ0v) is 7.59. The Hall–Kier alpha value is -0.770. The summed E-state index contributed by atoms with van der Waals surface area (Å²) in [5.41, 5.74) is 0. The van der Waals surface area contributed by atoms with Gasteiger partial charge in [0.2, 0.25) is 11.8 Å². The summed E-state index contributed by atoms with van der Waals surface area (Å²) in [5, 5.41) is -0.428. The Morgan fingerprint density at radius 3 is 2.75 bits per heavy atom. The molecule has 0 N–H and O–H groups in total. The van der Waals surface area contributed by atoms with Gasteiger partial charge in [-0.3, -0.25) is 14.5 Å². The van der Waals surface area contributed by atoms with E-state index in [0.717, 1.165) is 0 Å². The number of hydrogen-bond donors (Lipinski definition) is 1. The van der Waals surface area contributed by atoms with Crippen molar-refractivity contribution in [3.8, 4) is 0 Å². The molecule has 3 nitrogen and oxygen atoms in total. The molecule has 1 unspecified atom stereocenters. The van der Waals surface area contributed by atoms with Crippen LogP contribution in [0.5, 0.6) is 0 Å². The van der Waals surface area contributed by atoms with Crippen molar-refractivity contribution in [2.75, 3.05) is 6.54 Å². The van der Waals surface area contributed by atoms with Crippen LogP contribution >= 0.6 is 12.6 Å². The molecule has 1 atom stereocenters. The maximum Gasteiger partial charge on any atom is 0.242 e. The van der Waals surface area contributed by atoms with Crippen molar-refractivity contribution >= 4 is 24.4 Å². The van der Waals surface area contributed by atoms with Crippen LogP contribution in [0.25, 0.3) is 0 Å². The smallest absolute Gasteiger partial charge is 0.242 e. The number of amides is 2. The second kappa shape index (κ2) is 3.76. The number of hydrogen-bond acceptors (Lipinski definition) is 3. The monoisotopic (exact) mass is 185 g/mol. The van der Waals surface area contributed by atoms with Gasteiger partial charge < -0.3 is 0 Å². The number of rotatable bonds is 3. The first kappa shape index (κ1) is 9.32. The first-order chi connectivity index (χ1) is 5.66. The van der Waals surface area contributed by atoms with Crippen LogP contribution in [-0.4, -0.2) is 28.5 Å². The van der Waals surface area contributed by atoms with Crippen molar-refractivity contribution in [2.45, 2.75) is 18.1 Å². The van der Waals surface area contributed by atoms with Crippen molar-refractivity contribution in [1.29, 1.82) is 0 Å². The fraction of sp³-hybridized carbons (Fsp3) is 0.500. The molecule has 1 heterocycles. The number of nitrogens with zero attached hydrogens (tertiary/aromatic N) is 1. The van der Waals surface area contributed by atoms with Gasteiger partial charge in [-0.05, 0) is 6.42 Å². The molecule has 0 aromatic carbocycles. The lowest BCUT2D eigenvalue weighted by Crippen LogP contribution is -2.31. The van der Waals surface area contributed by atoms with Crippen molar-refractivity contribution in [3.05, 3.63) is 12.7 Å². The molecule has 0 bridgehead atoms. The minimum Gasteiger partial charge on any atom is -0.281 e. The third kappa shape index (κ3) is 1.69. The van der Waals surface area contributed by atoms with Gasteiger partial charge in [-0.2, -0.15) is 12.6 Å². The van der Waals surface area contributed by atoms with E-state index < -0.39 is 5.25 Å². The highest BCUT2D eigenvalue weighted by Crippen LogP contribution is 2.17. The second-order valence-electron chi connectivity index (χ2n) is 2.68. The van der Waals surface area contributed by atoms with Crippen molar-refractivity contribution in [3.63, 3.8) is 0 Å². The van der Waals surface area contributed by atoms with E-state index in [1.807, 2.05) is 0 Å². The van der Waals surface area contributed by atoms with Crippen LogP contribution in [-0.2, 0) is 9.59 Å². The lowest BCUT2D eigenvalue weighted by Gasteiger charge is -2.11. The third-order valence-electron chi connectivity index (χ3n) is 1.78. The molecule has 1 rings (SSSR count). The minimum atomic E-state index is -0.428. The highest BCUT2D eigenvalue weighted by Gasteiger charge is 2.35. The molecule has 1 aliphatic heterocycles. The second-order valence-corrected chi connectivity index (χ2v) is 3.30. The summed E-state index contributed by atoms with van der Waals surface area (Å²) in [6, 6.07) is 0. The molecule has 1 aliphatic rings. The van der Waals surface area contributed by atoms with Crippen LogP contribution in [0.2, 0.25) is 0 Å². The summed E-state index contributed by atoms with van der Waals surface area (Å²) in [5.74, 6) is -0.299. The Labute approximate surface area is 76.8 Å². The Morgan fingerprint density at radius 2 is 2.33 bits per heavy atom. The third-order valence-corrected chi connectivity index (χ3v) is 2.18. The Balaban J connectivity index is 2.57. The van der Waals surface area contributed by atoms with Crippen molar-refractivity contribution in [1.82, 2.24) is 4.90 Å². The largest absolute Gasteiger partial charge is 0.281 e. The van der Waals surface area contributed by atoms with Gasteiger partial charge in [0, 0.05) is 13.0 Å². The van der Waals surface area contributed by atoms with Gasteiger partial charge in [-0.15, -0.1) is 6.58 Å². The van der Waals surface area contributed by atoms with E-state index in [0.29, 0.717) is 13.0 Å². The van der Waals surface area contributed by atoms with Crippen molar-refractivity contribution in [2.24, 2.45) is 0 Å². The van der Waals surface area contributed by atoms with Crippen LogP contribution in [0.4, 0.5) is 0 Å². The lowest BCUT2D eigenvalue weighted by molar-refractivity contribution is -0.138. The quantitative estimate of drug-likeness (QED) is 0.397. The van der Waals surface area contributed by atoms with E-state index in [1.54, 1.807) is 6.08 Å². The number of carbonyl (C=O) groups is 2. The Kier molecular flexibility index (Phi) is 2.92. The first-order valence-corrected chi connectivity index (χ1v) is 4.31. The van der Waals surface area contributed by atoms with Crippen LogP contribution < -0.4 is 0 Å². The highest BCUT2D eigenvalue weighted by atomic mass is 32.1.